The first kappa shape index (κ1) is 19.1. The third-order valence-corrected chi connectivity index (χ3v) is 6.82. The van der Waals surface area contributed by atoms with E-state index >= 15 is 0 Å². The number of aromatic nitrogens is 3. The van der Waals surface area contributed by atoms with Crippen LogP contribution in [0.5, 0.6) is 11.6 Å². The van der Waals surface area contributed by atoms with E-state index in [1.165, 1.54) is 22.5 Å². The number of hydrogen-bond donors (Lipinski definition) is 1. The minimum atomic E-state index is -0.105. The Balaban J connectivity index is 1.62. The van der Waals surface area contributed by atoms with Gasteiger partial charge in [0.25, 0.3) is 0 Å². The average molecular weight is 421 g/mol. The van der Waals surface area contributed by atoms with Crippen LogP contribution >= 0.6 is 11.3 Å². The summed E-state index contributed by atoms with van der Waals surface area (Å²) in [7, 11) is 1.68. The predicted molar refractivity (Wildman–Crippen MR) is 117 cm³/mol. The van der Waals surface area contributed by atoms with Crippen molar-refractivity contribution >= 4 is 16.3 Å². The minimum absolute atomic E-state index is 0.105. The second-order valence-corrected chi connectivity index (χ2v) is 8.54. The highest BCUT2D eigenvalue weighted by atomic mass is 32.1. The molecule has 0 radical (unpaired) electrons. The van der Waals surface area contributed by atoms with Gasteiger partial charge in [-0.15, -0.1) is 5.10 Å². The third kappa shape index (κ3) is 3.24. The molecule has 0 aliphatic carbocycles. The molecule has 0 spiro atoms. The van der Waals surface area contributed by atoms with Crippen molar-refractivity contribution in [3.8, 4) is 11.6 Å². The van der Waals surface area contributed by atoms with Crippen LogP contribution in [0.3, 0.4) is 0 Å². The van der Waals surface area contributed by atoms with Crippen molar-refractivity contribution < 1.29 is 9.84 Å². The zero-order valence-electron chi connectivity index (χ0n) is 17.1. The van der Waals surface area contributed by atoms with Gasteiger partial charge in [0, 0.05) is 19.5 Å². The van der Waals surface area contributed by atoms with Gasteiger partial charge in [-0.05, 0) is 35.2 Å². The summed E-state index contributed by atoms with van der Waals surface area (Å²) in [5.41, 5.74) is 3.82. The van der Waals surface area contributed by atoms with Crippen molar-refractivity contribution in [2.45, 2.75) is 32.4 Å². The zero-order valence-corrected chi connectivity index (χ0v) is 17.9. The molecule has 3 heterocycles. The molecular formula is C23H24N4O2S. The van der Waals surface area contributed by atoms with E-state index in [9.17, 15) is 5.11 Å². The molecule has 2 aromatic carbocycles. The molecule has 0 fully saturated rings. The Bertz CT molecular complexity index is 1200. The van der Waals surface area contributed by atoms with Gasteiger partial charge in [0.15, 0.2) is 5.82 Å². The first-order chi connectivity index (χ1) is 14.7. The van der Waals surface area contributed by atoms with E-state index in [0.29, 0.717) is 0 Å². The van der Waals surface area contributed by atoms with Crippen LogP contribution in [-0.4, -0.2) is 38.3 Å². The molecule has 1 aliphatic rings. The van der Waals surface area contributed by atoms with Gasteiger partial charge in [-0.25, -0.2) is 4.98 Å². The Morgan fingerprint density at radius 1 is 1.17 bits per heavy atom. The van der Waals surface area contributed by atoms with Gasteiger partial charge in [0.05, 0.1) is 18.0 Å². The fourth-order valence-electron chi connectivity index (χ4n) is 4.20. The summed E-state index contributed by atoms with van der Waals surface area (Å²) in [6, 6.07) is 16.6. The maximum Gasteiger partial charge on any atom is 0.230 e. The number of rotatable bonds is 5. The normalized spacial score (nSPS) is 15.3. The fraction of sp³-hybridized carbons (Fsp3) is 0.304. The van der Waals surface area contributed by atoms with Gasteiger partial charge in [0.1, 0.15) is 5.75 Å². The summed E-state index contributed by atoms with van der Waals surface area (Å²) in [5.74, 6) is 1.73. The first-order valence-corrected chi connectivity index (χ1v) is 11.0. The quantitative estimate of drug-likeness (QED) is 0.524. The van der Waals surface area contributed by atoms with E-state index < -0.39 is 0 Å². The van der Waals surface area contributed by atoms with E-state index in [0.717, 1.165) is 52.9 Å². The van der Waals surface area contributed by atoms with Crippen molar-refractivity contribution in [3.63, 3.8) is 0 Å². The Morgan fingerprint density at radius 2 is 2.00 bits per heavy atom. The number of aryl methyl sites for hydroxylation is 1. The topological polar surface area (TPSA) is 62.9 Å². The van der Waals surface area contributed by atoms with E-state index in [1.807, 2.05) is 19.1 Å². The van der Waals surface area contributed by atoms with Crippen molar-refractivity contribution in [3.05, 3.63) is 75.9 Å². The van der Waals surface area contributed by atoms with E-state index in [2.05, 4.69) is 51.4 Å². The lowest BCUT2D eigenvalue weighted by atomic mass is 9.95. The molecule has 6 nitrogen and oxygen atoms in total. The van der Waals surface area contributed by atoms with Crippen molar-refractivity contribution in [1.82, 2.24) is 19.5 Å². The highest BCUT2D eigenvalue weighted by Gasteiger charge is 2.31. The molecule has 1 N–H and O–H groups in total. The summed E-state index contributed by atoms with van der Waals surface area (Å²) in [6.45, 7) is 3.75. The first-order valence-electron chi connectivity index (χ1n) is 10.2. The molecule has 1 aliphatic heterocycles. The van der Waals surface area contributed by atoms with Crippen LogP contribution in [0.4, 0.5) is 0 Å². The highest BCUT2D eigenvalue weighted by molar-refractivity contribution is 7.17. The average Bonchev–Trinajstić information content (AvgIpc) is 3.33. The largest absolute Gasteiger partial charge is 0.497 e. The van der Waals surface area contributed by atoms with Gasteiger partial charge in [-0.3, -0.25) is 4.90 Å². The molecular weight excluding hydrogens is 396 g/mol. The molecule has 7 heteroatoms. The lowest BCUT2D eigenvalue weighted by Crippen LogP contribution is -2.34. The molecule has 0 saturated carbocycles. The maximum absolute atomic E-state index is 11.1. The highest BCUT2D eigenvalue weighted by Crippen LogP contribution is 2.42. The van der Waals surface area contributed by atoms with E-state index in [1.54, 1.807) is 11.6 Å². The van der Waals surface area contributed by atoms with Crippen LogP contribution in [0.1, 0.15) is 40.4 Å². The Morgan fingerprint density at radius 3 is 2.77 bits per heavy atom. The molecule has 0 saturated heterocycles. The molecule has 30 heavy (non-hydrogen) atoms. The molecule has 0 amide bonds. The maximum atomic E-state index is 11.1. The van der Waals surface area contributed by atoms with Gasteiger partial charge in [-0.2, -0.15) is 4.52 Å². The van der Waals surface area contributed by atoms with Gasteiger partial charge >= 0.3 is 0 Å². The van der Waals surface area contributed by atoms with Gasteiger partial charge < -0.3 is 9.84 Å². The second kappa shape index (κ2) is 7.74. The number of fused-ring (bicyclic) bond motifs is 2. The number of benzene rings is 2. The summed E-state index contributed by atoms with van der Waals surface area (Å²) in [6.07, 6.45) is 1.73. The van der Waals surface area contributed by atoms with Gasteiger partial charge in [-0.1, -0.05) is 54.7 Å². The fourth-order valence-corrected chi connectivity index (χ4v) is 5.33. The number of aromatic hydroxyl groups is 1. The van der Waals surface area contributed by atoms with E-state index in [4.69, 9.17) is 4.74 Å². The number of thiazole rings is 1. The van der Waals surface area contributed by atoms with Gasteiger partial charge in [0.2, 0.25) is 10.8 Å². The molecule has 5 rings (SSSR count). The Kier molecular flexibility index (Phi) is 4.92. The van der Waals surface area contributed by atoms with Crippen molar-refractivity contribution in [2.75, 3.05) is 13.7 Å². The van der Waals surface area contributed by atoms with Crippen LogP contribution in [0.2, 0.25) is 0 Å². The molecule has 1 atom stereocenters. The monoisotopic (exact) mass is 420 g/mol. The third-order valence-electron chi connectivity index (χ3n) is 5.74. The number of hydrogen-bond acceptors (Lipinski definition) is 6. The van der Waals surface area contributed by atoms with Crippen LogP contribution in [-0.2, 0) is 19.4 Å². The SMILES string of the molecule is CCc1nc2sc([C@H](c3cccc(OC)c3)N3CCc4ccccc4C3)c(O)n2n1. The molecule has 0 unspecified atom stereocenters. The van der Waals surface area contributed by atoms with Crippen LogP contribution in [0.15, 0.2) is 48.5 Å². The van der Waals surface area contributed by atoms with Crippen LogP contribution in [0, 0.1) is 0 Å². The van der Waals surface area contributed by atoms with Crippen molar-refractivity contribution in [1.29, 1.82) is 0 Å². The second-order valence-electron chi connectivity index (χ2n) is 7.53. The lowest BCUT2D eigenvalue weighted by molar-refractivity contribution is 0.205. The van der Waals surface area contributed by atoms with Crippen LogP contribution < -0.4 is 4.74 Å². The van der Waals surface area contributed by atoms with E-state index in [-0.39, 0.29) is 11.9 Å². The molecule has 154 valence electrons. The Labute approximate surface area is 179 Å². The standard InChI is InChI=1S/C23H24N4O2S/c1-3-19-24-23-27(25-19)22(28)21(30-23)20(16-9-6-10-18(13-16)29-2)26-12-11-15-7-4-5-8-17(15)14-26/h4-10,13,20,28H,3,11-12,14H2,1-2H3/t20-/m0/s1. The van der Waals surface area contributed by atoms with Crippen LogP contribution in [0.25, 0.3) is 4.96 Å². The minimum Gasteiger partial charge on any atom is -0.497 e. The summed E-state index contributed by atoms with van der Waals surface area (Å²) >= 11 is 1.51. The van der Waals surface area contributed by atoms with Crippen molar-refractivity contribution in [2.24, 2.45) is 0 Å². The number of ether oxygens (including phenoxy) is 1. The summed E-state index contributed by atoms with van der Waals surface area (Å²) < 4.78 is 7.05. The predicted octanol–water partition coefficient (Wildman–Crippen LogP) is 4.22. The molecule has 2 aromatic heterocycles. The number of methoxy groups -OCH3 is 1. The Hall–Kier alpha value is -2.90. The molecule has 4 aromatic rings. The molecule has 0 bridgehead atoms. The lowest BCUT2D eigenvalue weighted by Gasteiger charge is -2.35. The number of nitrogens with zero attached hydrogens (tertiary/aromatic N) is 4. The smallest absolute Gasteiger partial charge is 0.230 e. The summed E-state index contributed by atoms with van der Waals surface area (Å²) in [5, 5.41) is 15.6. The zero-order chi connectivity index (χ0) is 20.7. The summed E-state index contributed by atoms with van der Waals surface area (Å²) in [4.78, 5) is 8.58.